The first-order chi connectivity index (χ1) is 6.49. The van der Waals surface area contributed by atoms with E-state index >= 15 is 0 Å². The fourth-order valence-electron chi connectivity index (χ4n) is 0.763. The standard InChI is InChI=1S/C8H7F3N2O/c9-8(10,11)14-13-7(12)6-4-2-1-3-5-6/h1-5H,(H2,12,13). The number of nitrogens with two attached hydrogens (primary N) is 1. The first-order valence-electron chi connectivity index (χ1n) is 3.63. The summed E-state index contributed by atoms with van der Waals surface area (Å²) in [4.78, 5) is 3.21. The summed E-state index contributed by atoms with van der Waals surface area (Å²) < 4.78 is 34.6. The van der Waals surface area contributed by atoms with Crippen molar-refractivity contribution in [2.75, 3.05) is 0 Å². The number of benzene rings is 1. The lowest BCUT2D eigenvalue weighted by Crippen LogP contribution is -2.17. The molecule has 0 aliphatic heterocycles. The van der Waals surface area contributed by atoms with Crippen molar-refractivity contribution in [2.45, 2.75) is 6.36 Å². The van der Waals surface area contributed by atoms with E-state index in [2.05, 4.69) is 9.99 Å². The minimum atomic E-state index is -4.81. The number of alkyl halides is 3. The summed E-state index contributed by atoms with van der Waals surface area (Å²) in [5.41, 5.74) is 5.60. The summed E-state index contributed by atoms with van der Waals surface area (Å²) in [7, 11) is 0. The predicted octanol–water partition coefficient (Wildman–Crippen LogP) is 1.84. The fraction of sp³-hybridized carbons (Fsp3) is 0.125. The van der Waals surface area contributed by atoms with E-state index in [0.29, 0.717) is 5.56 Å². The Morgan fingerprint density at radius 3 is 2.29 bits per heavy atom. The maximum absolute atomic E-state index is 11.5. The Balaban J connectivity index is 2.71. The largest absolute Gasteiger partial charge is 0.593 e. The molecule has 0 heterocycles. The molecule has 1 rings (SSSR count). The van der Waals surface area contributed by atoms with Gasteiger partial charge in [-0.15, -0.1) is 13.2 Å². The molecule has 2 N–H and O–H groups in total. The Kier molecular flexibility index (Phi) is 2.95. The predicted molar refractivity (Wildman–Crippen MR) is 44.3 cm³/mol. The highest BCUT2D eigenvalue weighted by molar-refractivity contribution is 5.96. The van der Waals surface area contributed by atoms with Crippen molar-refractivity contribution in [2.24, 2.45) is 10.9 Å². The summed E-state index contributed by atoms with van der Waals surface area (Å²) in [6, 6.07) is 8.02. The molecule has 0 aliphatic rings. The average Bonchev–Trinajstić information content (AvgIpc) is 2.14. The van der Waals surface area contributed by atoms with E-state index < -0.39 is 6.36 Å². The maximum Gasteiger partial charge on any atom is 0.593 e. The molecule has 1 aromatic rings. The van der Waals surface area contributed by atoms with Crippen molar-refractivity contribution in [3.05, 3.63) is 35.9 Å². The minimum Gasteiger partial charge on any atom is -0.380 e. The normalized spacial score (nSPS) is 12.6. The molecule has 0 unspecified atom stereocenters. The zero-order valence-electron chi connectivity index (χ0n) is 6.95. The molecule has 0 aliphatic carbocycles. The van der Waals surface area contributed by atoms with Gasteiger partial charge in [-0.1, -0.05) is 35.5 Å². The van der Waals surface area contributed by atoms with Crippen LogP contribution in [0, 0.1) is 0 Å². The zero-order valence-corrected chi connectivity index (χ0v) is 6.95. The van der Waals surface area contributed by atoms with Gasteiger partial charge in [0.2, 0.25) is 0 Å². The lowest BCUT2D eigenvalue weighted by Gasteiger charge is -2.03. The Morgan fingerprint density at radius 2 is 1.79 bits per heavy atom. The van der Waals surface area contributed by atoms with Gasteiger partial charge in [-0.25, -0.2) is 0 Å². The van der Waals surface area contributed by atoms with Crippen LogP contribution in [0.4, 0.5) is 13.2 Å². The van der Waals surface area contributed by atoms with Gasteiger partial charge in [-0.2, -0.15) is 0 Å². The molecule has 0 radical (unpaired) electrons. The van der Waals surface area contributed by atoms with Crippen molar-refractivity contribution < 1.29 is 18.0 Å². The molecule has 0 bridgehead atoms. The van der Waals surface area contributed by atoms with Crippen molar-refractivity contribution >= 4 is 5.84 Å². The number of oxime groups is 1. The summed E-state index contributed by atoms with van der Waals surface area (Å²) in [6.45, 7) is 0. The number of halogens is 3. The molecule has 0 fully saturated rings. The molecule has 3 nitrogen and oxygen atoms in total. The van der Waals surface area contributed by atoms with Gasteiger partial charge in [-0.05, 0) is 0 Å². The molecule has 0 atom stereocenters. The smallest absolute Gasteiger partial charge is 0.380 e. The third-order valence-corrected chi connectivity index (χ3v) is 1.32. The van der Waals surface area contributed by atoms with Gasteiger partial charge in [0, 0.05) is 5.56 Å². The van der Waals surface area contributed by atoms with Gasteiger partial charge in [0.25, 0.3) is 0 Å². The van der Waals surface area contributed by atoms with Crippen molar-refractivity contribution in [1.29, 1.82) is 0 Å². The van der Waals surface area contributed by atoms with Gasteiger partial charge < -0.3 is 5.73 Å². The molecular formula is C8H7F3N2O. The molecule has 6 heteroatoms. The van der Waals surface area contributed by atoms with E-state index in [4.69, 9.17) is 5.73 Å². The van der Waals surface area contributed by atoms with Gasteiger partial charge >= 0.3 is 6.36 Å². The molecule has 0 aromatic heterocycles. The monoisotopic (exact) mass is 204 g/mol. The van der Waals surface area contributed by atoms with Crippen LogP contribution in [0.5, 0.6) is 0 Å². The van der Waals surface area contributed by atoms with Crippen LogP contribution in [0.15, 0.2) is 35.5 Å². The summed E-state index contributed by atoms with van der Waals surface area (Å²) >= 11 is 0. The fourth-order valence-corrected chi connectivity index (χ4v) is 0.763. The Morgan fingerprint density at radius 1 is 1.21 bits per heavy atom. The van der Waals surface area contributed by atoms with Crippen LogP contribution >= 0.6 is 0 Å². The van der Waals surface area contributed by atoms with E-state index in [1.807, 2.05) is 0 Å². The molecule has 76 valence electrons. The number of hydrogen-bond acceptors (Lipinski definition) is 2. The number of nitrogens with zero attached hydrogens (tertiary/aromatic N) is 1. The van der Waals surface area contributed by atoms with E-state index in [9.17, 15) is 13.2 Å². The van der Waals surface area contributed by atoms with Gasteiger partial charge in [-0.3, -0.25) is 4.84 Å². The van der Waals surface area contributed by atoms with Crippen molar-refractivity contribution in [3.8, 4) is 0 Å². The van der Waals surface area contributed by atoms with Crippen LogP contribution in [0.25, 0.3) is 0 Å². The second-order valence-corrected chi connectivity index (χ2v) is 2.38. The van der Waals surface area contributed by atoms with Crippen LogP contribution in [0.1, 0.15) is 5.56 Å². The van der Waals surface area contributed by atoms with Crippen molar-refractivity contribution in [1.82, 2.24) is 0 Å². The second-order valence-electron chi connectivity index (χ2n) is 2.38. The van der Waals surface area contributed by atoms with E-state index in [-0.39, 0.29) is 5.84 Å². The summed E-state index contributed by atoms with van der Waals surface area (Å²) in [6.07, 6.45) is -4.81. The second kappa shape index (κ2) is 3.99. The number of amidine groups is 1. The third kappa shape index (κ3) is 3.34. The first-order valence-corrected chi connectivity index (χ1v) is 3.63. The van der Waals surface area contributed by atoms with Gasteiger partial charge in [0.15, 0.2) is 5.84 Å². The molecule has 1 aromatic carbocycles. The molecule has 0 saturated heterocycles. The quantitative estimate of drug-likeness (QED) is 0.454. The van der Waals surface area contributed by atoms with Crippen LogP contribution < -0.4 is 5.73 Å². The first kappa shape index (κ1) is 10.4. The summed E-state index contributed by atoms with van der Waals surface area (Å²) in [5.74, 6) is -0.317. The third-order valence-electron chi connectivity index (χ3n) is 1.32. The SMILES string of the molecule is N/C(=N\OC(F)(F)F)c1ccccc1. The Bertz CT molecular complexity index is 321. The van der Waals surface area contributed by atoms with Gasteiger partial charge in [0.05, 0.1) is 0 Å². The van der Waals surface area contributed by atoms with Crippen LogP contribution in [0.2, 0.25) is 0 Å². The zero-order chi connectivity index (χ0) is 10.6. The maximum atomic E-state index is 11.5. The lowest BCUT2D eigenvalue weighted by molar-refractivity contribution is -0.325. The average molecular weight is 204 g/mol. The topological polar surface area (TPSA) is 47.6 Å². The molecule has 0 spiro atoms. The van der Waals surface area contributed by atoms with Gasteiger partial charge in [0.1, 0.15) is 0 Å². The van der Waals surface area contributed by atoms with Crippen molar-refractivity contribution in [3.63, 3.8) is 0 Å². The number of hydrogen-bond donors (Lipinski definition) is 1. The van der Waals surface area contributed by atoms with Crippen LogP contribution in [-0.2, 0) is 4.84 Å². The van der Waals surface area contributed by atoms with E-state index in [1.54, 1.807) is 18.2 Å². The minimum absolute atomic E-state index is 0.317. The van der Waals surface area contributed by atoms with Crippen LogP contribution in [-0.4, -0.2) is 12.2 Å². The Hall–Kier alpha value is -1.72. The Labute approximate surface area is 78.0 Å². The van der Waals surface area contributed by atoms with E-state index in [1.165, 1.54) is 12.1 Å². The lowest BCUT2D eigenvalue weighted by atomic mass is 10.2. The van der Waals surface area contributed by atoms with Crippen LogP contribution in [0.3, 0.4) is 0 Å². The molecular weight excluding hydrogens is 197 g/mol. The van der Waals surface area contributed by atoms with E-state index in [0.717, 1.165) is 0 Å². The molecule has 0 amide bonds. The molecule has 0 saturated carbocycles. The highest BCUT2D eigenvalue weighted by Crippen LogP contribution is 2.16. The highest BCUT2D eigenvalue weighted by atomic mass is 19.4. The summed E-state index contributed by atoms with van der Waals surface area (Å²) in [5, 5.41) is 2.74. The molecule has 14 heavy (non-hydrogen) atoms. The number of rotatable bonds is 2. The highest BCUT2D eigenvalue weighted by Gasteiger charge is 2.31.